The minimum Gasteiger partial charge on any atom is -0.464 e. The third-order valence-electron chi connectivity index (χ3n) is 3.02. The second-order valence-corrected chi connectivity index (χ2v) is 4.96. The minimum absolute atomic E-state index is 0.151. The fourth-order valence-corrected chi connectivity index (χ4v) is 2.53. The molecule has 3 aromatic rings. The number of carbonyl (C=O) groups is 1. The molecule has 2 aromatic heterocycles. The van der Waals surface area contributed by atoms with Crippen molar-refractivity contribution in [3.05, 3.63) is 60.3 Å². The van der Waals surface area contributed by atoms with E-state index in [0.717, 1.165) is 22.2 Å². The van der Waals surface area contributed by atoms with E-state index in [9.17, 15) is 4.79 Å². The third kappa shape index (κ3) is 2.35. The molecule has 1 aromatic carbocycles. The van der Waals surface area contributed by atoms with Crippen LogP contribution in [0.3, 0.4) is 0 Å². The van der Waals surface area contributed by atoms with Gasteiger partial charge in [0, 0.05) is 34.3 Å². The van der Waals surface area contributed by atoms with Gasteiger partial charge in [0.1, 0.15) is 5.58 Å². The fraction of sp³-hybridized carbons (Fsp3) is 0.0667. The van der Waals surface area contributed by atoms with Gasteiger partial charge in [0.2, 0.25) is 0 Å². The summed E-state index contributed by atoms with van der Waals surface area (Å²) in [6.45, 7) is 4.03. The van der Waals surface area contributed by atoms with Crippen molar-refractivity contribution in [2.45, 2.75) is 6.54 Å². The summed E-state index contributed by atoms with van der Waals surface area (Å²) in [6, 6.07) is 7.58. The van der Waals surface area contributed by atoms with Crippen molar-refractivity contribution < 1.29 is 9.21 Å². The van der Waals surface area contributed by atoms with Crippen LogP contribution in [0.5, 0.6) is 0 Å². The normalized spacial score (nSPS) is 10.6. The first kappa shape index (κ1) is 12.6. The van der Waals surface area contributed by atoms with Crippen LogP contribution in [-0.4, -0.2) is 10.3 Å². The number of nitrogens with zero attached hydrogens (tertiary/aromatic N) is 2. The summed E-state index contributed by atoms with van der Waals surface area (Å²) in [4.78, 5) is 13.7. The zero-order valence-electron chi connectivity index (χ0n) is 10.7. The number of hydrogen-bond acceptors (Lipinski definition) is 4. The molecular weight excluding hydrogens is 272 g/mol. The Morgan fingerprint density at radius 1 is 1.45 bits per heavy atom. The Kier molecular flexibility index (Phi) is 3.35. The second-order valence-electron chi connectivity index (χ2n) is 4.30. The number of amides is 1. The average Bonchev–Trinajstić information content (AvgIpc) is 3.14. The number of benzene rings is 1. The van der Waals surface area contributed by atoms with Crippen LogP contribution in [0.2, 0.25) is 0 Å². The van der Waals surface area contributed by atoms with Crippen molar-refractivity contribution in [1.82, 2.24) is 4.37 Å². The lowest BCUT2D eigenvalue weighted by Gasteiger charge is -2.20. The maximum atomic E-state index is 12.1. The first-order valence-corrected chi connectivity index (χ1v) is 6.91. The van der Waals surface area contributed by atoms with Crippen LogP contribution in [0.25, 0.3) is 11.0 Å². The maximum Gasteiger partial charge on any atom is 0.250 e. The monoisotopic (exact) mass is 284 g/mol. The summed E-state index contributed by atoms with van der Waals surface area (Å²) in [7, 11) is 0. The Morgan fingerprint density at radius 2 is 2.35 bits per heavy atom. The molecule has 100 valence electrons. The zero-order chi connectivity index (χ0) is 13.9. The molecule has 5 heteroatoms. The predicted molar refractivity (Wildman–Crippen MR) is 79.7 cm³/mol. The van der Waals surface area contributed by atoms with Gasteiger partial charge < -0.3 is 9.32 Å². The molecule has 0 unspecified atom stereocenters. The summed E-state index contributed by atoms with van der Waals surface area (Å²) in [5, 5.41) is 2.94. The molecule has 2 heterocycles. The van der Waals surface area contributed by atoms with E-state index in [1.165, 1.54) is 17.6 Å². The van der Waals surface area contributed by atoms with Crippen LogP contribution in [0.4, 0.5) is 5.69 Å². The number of rotatable bonds is 4. The molecule has 0 N–H and O–H groups in total. The summed E-state index contributed by atoms with van der Waals surface area (Å²) < 4.78 is 9.44. The fourth-order valence-electron chi connectivity index (χ4n) is 2.01. The van der Waals surface area contributed by atoms with Gasteiger partial charge in [-0.3, -0.25) is 4.79 Å². The molecule has 0 atom stereocenters. The van der Waals surface area contributed by atoms with Crippen LogP contribution in [-0.2, 0) is 11.3 Å². The smallest absolute Gasteiger partial charge is 0.250 e. The second kappa shape index (κ2) is 5.30. The molecule has 0 saturated heterocycles. The highest BCUT2D eigenvalue weighted by Crippen LogP contribution is 2.24. The number of hydrogen-bond donors (Lipinski definition) is 0. The van der Waals surface area contributed by atoms with Gasteiger partial charge in [0.15, 0.2) is 0 Å². The topological polar surface area (TPSA) is 46.3 Å². The van der Waals surface area contributed by atoms with E-state index >= 15 is 0 Å². The molecule has 0 aliphatic heterocycles. The van der Waals surface area contributed by atoms with Crippen LogP contribution in [0.1, 0.15) is 5.56 Å². The predicted octanol–water partition coefficient (Wildman–Crippen LogP) is 3.61. The van der Waals surface area contributed by atoms with Gasteiger partial charge >= 0.3 is 0 Å². The van der Waals surface area contributed by atoms with E-state index < -0.39 is 0 Å². The lowest BCUT2D eigenvalue weighted by molar-refractivity contribution is -0.114. The first-order chi connectivity index (χ1) is 9.78. The van der Waals surface area contributed by atoms with Crippen molar-refractivity contribution in [2.24, 2.45) is 0 Å². The first-order valence-electron chi connectivity index (χ1n) is 6.07. The van der Waals surface area contributed by atoms with E-state index in [2.05, 4.69) is 11.0 Å². The van der Waals surface area contributed by atoms with Crippen LogP contribution in [0.15, 0.2) is 59.2 Å². The molecule has 3 rings (SSSR count). The van der Waals surface area contributed by atoms with E-state index in [-0.39, 0.29) is 5.91 Å². The molecular formula is C15H12N2O2S. The van der Waals surface area contributed by atoms with Gasteiger partial charge in [-0.2, -0.15) is 0 Å². The van der Waals surface area contributed by atoms with Crippen LogP contribution in [0, 0.1) is 0 Å². The standard InChI is InChI=1S/C15H12N2O2S/c1-2-15(18)17(9-11-8-16-20-10-11)13-4-3-12-5-6-19-14(12)7-13/h2-8,10H,1,9H2. The Balaban J connectivity index is 1.98. The van der Waals surface area contributed by atoms with E-state index in [1.807, 2.05) is 29.6 Å². The lowest BCUT2D eigenvalue weighted by atomic mass is 10.2. The third-order valence-corrected chi connectivity index (χ3v) is 3.65. The van der Waals surface area contributed by atoms with Crippen molar-refractivity contribution in [3.8, 4) is 0 Å². The Labute approximate surface area is 120 Å². The molecule has 0 bridgehead atoms. The van der Waals surface area contributed by atoms with Gasteiger partial charge in [-0.15, -0.1) is 0 Å². The van der Waals surface area contributed by atoms with Crippen LogP contribution >= 0.6 is 11.5 Å². The summed E-state index contributed by atoms with van der Waals surface area (Å²) >= 11 is 1.37. The molecule has 0 aliphatic carbocycles. The van der Waals surface area contributed by atoms with Gasteiger partial charge in [0.25, 0.3) is 5.91 Å². The van der Waals surface area contributed by atoms with Gasteiger partial charge in [-0.05, 0) is 35.8 Å². The van der Waals surface area contributed by atoms with Crippen molar-refractivity contribution in [1.29, 1.82) is 0 Å². The Hall–Kier alpha value is -2.40. The van der Waals surface area contributed by atoms with Crippen molar-refractivity contribution in [3.63, 3.8) is 0 Å². The highest BCUT2D eigenvalue weighted by molar-refractivity contribution is 7.03. The summed E-state index contributed by atoms with van der Waals surface area (Å²) in [5.41, 5.74) is 2.53. The summed E-state index contributed by atoms with van der Waals surface area (Å²) in [5.74, 6) is -0.151. The number of aromatic nitrogens is 1. The highest BCUT2D eigenvalue weighted by atomic mass is 32.1. The van der Waals surface area contributed by atoms with E-state index in [4.69, 9.17) is 4.42 Å². The SMILES string of the molecule is C=CC(=O)N(Cc1cnsc1)c1ccc2ccoc2c1. The molecule has 0 fully saturated rings. The lowest BCUT2D eigenvalue weighted by Crippen LogP contribution is -2.28. The molecule has 0 spiro atoms. The molecule has 4 nitrogen and oxygen atoms in total. The van der Waals surface area contributed by atoms with Crippen molar-refractivity contribution >= 4 is 34.1 Å². The number of fused-ring (bicyclic) bond motifs is 1. The number of anilines is 1. The molecule has 0 radical (unpaired) electrons. The molecule has 0 saturated carbocycles. The molecule has 0 aliphatic rings. The summed E-state index contributed by atoms with van der Waals surface area (Å²) in [6.07, 6.45) is 4.71. The minimum atomic E-state index is -0.151. The quantitative estimate of drug-likeness (QED) is 0.688. The van der Waals surface area contributed by atoms with Crippen LogP contribution < -0.4 is 4.90 Å². The number of furan rings is 1. The van der Waals surface area contributed by atoms with E-state index in [1.54, 1.807) is 17.4 Å². The van der Waals surface area contributed by atoms with Gasteiger partial charge in [-0.25, -0.2) is 4.37 Å². The largest absolute Gasteiger partial charge is 0.464 e. The van der Waals surface area contributed by atoms with Gasteiger partial charge in [-0.1, -0.05) is 6.58 Å². The van der Waals surface area contributed by atoms with Crippen molar-refractivity contribution in [2.75, 3.05) is 4.90 Å². The zero-order valence-corrected chi connectivity index (χ0v) is 11.5. The Morgan fingerprint density at radius 3 is 3.10 bits per heavy atom. The maximum absolute atomic E-state index is 12.1. The molecule has 20 heavy (non-hydrogen) atoms. The highest BCUT2D eigenvalue weighted by Gasteiger charge is 2.15. The average molecular weight is 284 g/mol. The van der Waals surface area contributed by atoms with E-state index in [0.29, 0.717) is 6.54 Å². The number of carbonyl (C=O) groups excluding carboxylic acids is 1. The Bertz CT molecular complexity index is 746. The molecule has 1 amide bonds. The van der Waals surface area contributed by atoms with Gasteiger partial charge in [0.05, 0.1) is 12.8 Å².